The van der Waals surface area contributed by atoms with Crippen LogP contribution in [-0.4, -0.2) is 43.6 Å². The molecule has 0 bridgehead atoms. The first-order valence-corrected chi connectivity index (χ1v) is 12.2. The van der Waals surface area contributed by atoms with Crippen molar-refractivity contribution in [3.8, 4) is 11.5 Å². The van der Waals surface area contributed by atoms with Crippen molar-refractivity contribution in [2.75, 3.05) is 0 Å². The molecule has 14 nitrogen and oxygen atoms in total. The quantitative estimate of drug-likeness (QED) is 0.115. The molecule has 0 amide bonds. The first-order chi connectivity index (χ1) is 15.6. The van der Waals surface area contributed by atoms with E-state index in [1.165, 1.54) is 48.5 Å². The first-order valence-electron chi connectivity index (χ1n) is 9.17. The van der Waals surface area contributed by atoms with E-state index in [0.29, 0.717) is 11.1 Å². The minimum atomic E-state index is -4.57. The van der Waals surface area contributed by atoms with Gasteiger partial charge in [-0.3, -0.25) is 19.6 Å². The van der Waals surface area contributed by atoms with Crippen LogP contribution in [0.25, 0.3) is 0 Å². The third-order valence-electron chi connectivity index (χ3n) is 3.81. The number of phosphoric acid groups is 2. The molecule has 2 aromatic rings. The Kier molecular flexibility index (Phi) is 17.6. The molecule has 0 fully saturated rings. The molecule has 0 heterocycles. The van der Waals surface area contributed by atoms with Crippen LogP contribution in [0.2, 0.25) is 0 Å². The maximum atomic E-state index is 10.5. The summed E-state index contributed by atoms with van der Waals surface area (Å²) >= 11 is 0. The largest absolute Gasteiger partial charge is 1.00 e. The number of nitrogens with two attached hydrogens (primary N) is 2. The van der Waals surface area contributed by atoms with Crippen molar-refractivity contribution in [3.63, 3.8) is 0 Å². The summed E-state index contributed by atoms with van der Waals surface area (Å²) < 4.78 is 29.7. The van der Waals surface area contributed by atoms with E-state index in [0.717, 1.165) is 0 Å². The van der Waals surface area contributed by atoms with Crippen LogP contribution in [-0.2, 0) is 31.6 Å². The molecule has 188 valence electrons. The van der Waals surface area contributed by atoms with Crippen molar-refractivity contribution >= 4 is 27.6 Å². The molecule has 0 aliphatic carbocycles. The van der Waals surface area contributed by atoms with Crippen LogP contribution < -0.4 is 89.8 Å². The number of carboxylic acid groups (broad SMARTS) is 2. The van der Waals surface area contributed by atoms with Gasteiger partial charge in [0.1, 0.15) is 11.5 Å². The Morgan fingerprint density at radius 3 is 1.14 bits per heavy atom. The average Bonchev–Trinajstić information content (AvgIpc) is 2.69. The molecule has 0 saturated heterocycles. The number of benzene rings is 2. The Morgan fingerprint density at radius 2 is 0.944 bits per heavy atom. The van der Waals surface area contributed by atoms with Crippen LogP contribution in [0, 0.1) is 0 Å². The van der Waals surface area contributed by atoms with Crippen molar-refractivity contribution in [1.29, 1.82) is 0 Å². The molecule has 2 rings (SSSR count). The van der Waals surface area contributed by atoms with Crippen LogP contribution in [0.3, 0.4) is 0 Å². The van der Waals surface area contributed by atoms with Crippen LogP contribution in [0.15, 0.2) is 48.5 Å². The summed E-state index contributed by atoms with van der Waals surface area (Å²) in [7, 11) is -9.15. The fourth-order valence-corrected chi connectivity index (χ4v) is 3.11. The number of carboxylic acids is 2. The van der Waals surface area contributed by atoms with E-state index in [-0.39, 0.29) is 83.5 Å². The second kappa shape index (κ2) is 16.9. The normalized spacial score (nSPS) is 12.4. The summed E-state index contributed by atoms with van der Waals surface area (Å²) in [5, 5.41) is 20.8. The molecule has 0 aliphatic rings. The van der Waals surface area contributed by atoms with Crippen molar-refractivity contribution in [2.24, 2.45) is 11.5 Å². The predicted octanol–water partition coefficient (Wildman–Crippen LogP) is -8.44. The zero-order chi connectivity index (χ0) is 26.1. The van der Waals surface area contributed by atoms with Crippen molar-refractivity contribution in [2.45, 2.75) is 24.9 Å². The summed E-state index contributed by atoms with van der Waals surface area (Å²) in [4.78, 5) is 55.0. The van der Waals surface area contributed by atoms with Gasteiger partial charge in [0.2, 0.25) is 0 Å². The Labute approximate surface area is 250 Å². The topological polar surface area (TPSA) is 266 Å². The predicted molar refractivity (Wildman–Crippen MR) is 112 cm³/mol. The number of rotatable bonds is 10. The van der Waals surface area contributed by atoms with Crippen molar-refractivity contribution < 1.29 is 117 Å². The number of aliphatic carboxylic acids is 2. The number of carbonyl (C=O) groups is 2. The van der Waals surface area contributed by atoms with E-state index in [9.17, 15) is 28.9 Å². The summed E-state index contributed by atoms with van der Waals surface area (Å²) in [5.74, 6) is -2.74. The van der Waals surface area contributed by atoms with Crippen LogP contribution in [0.5, 0.6) is 11.5 Å². The van der Waals surface area contributed by atoms with E-state index in [1.807, 2.05) is 0 Å². The minimum absolute atomic E-state index is 0. The van der Waals surface area contributed by atoms with Gasteiger partial charge in [-0.15, -0.1) is 0 Å². The van der Waals surface area contributed by atoms with E-state index >= 15 is 0 Å². The van der Waals surface area contributed by atoms with Crippen molar-refractivity contribution in [1.82, 2.24) is 0 Å². The zero-order valence-electron chi connectivity index (χ0n) is 19.3. The molecule has 2 aromatic carbocycles. The van der Waals surface area contributed by atoms with E-state index in [4.69, 9.17) is 31.0 Å². The Bertz CT molecular complexity index is 975. The van der Waals surface area contributed by atoms with Crippen molar-refractivity contribution in [3.05, 3.63) is 59.7 Å². The van der Waals surface area contributed by atoms with Gasteiger partial charge in [0, 0.05) is 12.1 Å². The number of carbonyl (C=O) groups excluding carboxylic acids is 2. The monoisotopic (exact) mass is 566 g/mol. The van der Waals surface area contributed by atoms with Gasteiger partial charge in [-0.1, -0.05) is 24.3 Å². The van der Waals surface area contributed by atoms with Gasteiger partial charge in [-0.2, -0.15) is 0 Å². The second-order valence-corrected chi connectivity index (χ2v) is 9.04. The van der Waals surface area contributed by atoms with Gasteiger partial charge in [0.25, 0.3) is 0 Å². The third kappa shape index (κ3) is 16.8. The van der Waals surface area contributed by atoms with E-state index < -0.39 is 39.7 Å². The SMILES string of the molecule is N[C@@H](Cc1ccc(OP(=O)(O)O)cc1)C(=O)[O-].N[C@@H](Cc1ccc(OP(=O)(O)O)cc1)C(=O)[O-].[Na+].[Na+]. The third-order valence-corrected chi connectivity index (χ3v) is 4.71. The fourth-order valence-electron chi connectivity index (χ4n) is 2.32. The molecule has 2 atom stereocenters. The molecule has 0 radical (unpaired) electrons. The summed E-state index contributed by atoms with van der Waals surface area (Å²) in [6, 6.07) is 8.88. The van der Waals surface area contributed by atoms with E-state index in [1.54, 1.807) is 0 Å². The number of hydrogen-bond donors (Lipinski definition) is 6. The molecule has 0 aliphatic heterocycles. The fraction of sp³-hybridized carbons (Fsp3) is 0.222. The molecular formula is C18H22N2Na2O12P2. The number of phosphoric ester groups is 2. The Hall–Kier alpha value is -0.800. The Morgan fingerprint density at radius 1 is 0.694 bits per heavy atom. The van der Waals surface area contributed by atoms with Gasteiger partial charge >= 0.3 is 74.8 Å². The van der Waals surface area contributed by atoms with Crippen LogP contribution in [0.4, 0.5) is 0 Å². The minimum Gasteiger partial charge on any atom is -0.548 e. The average molecular weight is 566 g/mol. The summed E-state index contributed by atoms with van der Waals surface area (Å²) in [6.07, 6.45) is 0.136. The second-order valence-electron chi connectivity index (χ2n) is 6.71. The number of hydrogen-bond acceptors (Lipinski definition) is 10. The molecule has 18 heteroatoms. The summed E-state index contributed by atoms with van der Waals surface area (Å²) in [6.45, 7) is 0. The van der Waals surface area contributed by atoms with Gasteiger partial charge < -0.3 is 40.3 Å². The Balaban J connectivity index is 0. The molecule has 8 N–H and O–H groups in total. The van der Waals surface area contributed by atoms with Crippen LogP contribution >= 0.6 is 15.6 Å². The molecule has 36 heavy (non-hydrogen) atoms. The molecule has 0 unspecified atom stereocenters. The van der Waals surface area contributed by atoms with Gasteiger partial charge in [-0.05, 0) is 48.2 Å². The molecule has 0 saturated carbocycles. The zero-order valence-corrected chi connectivity index (χ0v) is 25.1. The van der Waals surface area contributed by atoms with Gasteiger partial charge in [0.05, 0.1) is 11.9 Å². The molecule has 0 spiro atoms. The molecular weight excluding hydrogens is 544 g/mol. The first kappa shape index (κ1) is 37.4. The van der Waals surface area contributed by atoms with Gasteiger partial charge in [0.15, 0.2) is 0 Å². The smallest absolute Gasteiger partial charge is 0.548 e. The van der Waals surface area contributed by atoms with Crippen LogP contribution in [0.1, 0.15) is 11.1 Å². The standard InChI is InChI=1S/2C9H12NO6P.2Na/c2*10-8(9(11)12)5-6-1-3-7(4-2-6)16-17(13,14)15;;/h2*1-4,8H,5,10H2,(H,11,12)(H2,13,14,15);;/q;;2*+1/p-2/t2*8-;;/m00../s1. The maximum absolute atomic E-state index is 10.5. The van der Waals surface area contributed by atoms with E-state index in [2.05, 4.69) is 9.05 Å². The molecule has 0 aromatic heterocycles. The summed E-state index contributed by atoms with van der Waals surface area (Å²) in [5.41, 5.74) is 11.7. The maximum Gasteiger partial charge on any atom is 1.00 e. The van der Waals surface area contributed by atoms with Gasteiger partial charge in [-0.25, -0.2) is 9.13 Å².